The van der Waals surface area contributed by atoms with E-state index < -0.39 is 5.82 Å². The summed E-state index contributed by atoms with van der Waals surface area (Å²) in [5, 5.41) is 16.1. The Balaban J connectivity index is 2.61. The maximum absolute atomic E-state index is 13.7. The van der Waals surface area contributed by atoms with E-state index in [0.717, 1.165) is 0 Å². The van der Waals surface area contributed by atoms with Crippen molar-refractivity contribution >= 4 is 0 Å². The van der Waals surface area contributed by atoms with E-state index in [0.29, 0.717) is 11.3 Å². The molecular formula is C11H6FN3. The van der Waals surface area contributed by atoms with Crippen molar-refractivity contribution in [1.29, 1.82) is 5.26 Å². The molecule has 0 amide bonds. The van der Waals surface area contributed by atoms with Gasteiger partial charge in [0.1, 0.15) is 11.9 Å². The highest BCUT2D eigenvalue weighted by Gasteiger charge is 2.09. The number of hydrogen-bond acceptors (Lipinski definition) is 3. The molecule has 1 aromatic heterocycles. The monoisotopic (exact) mass is 199 g/mol. The lowest BCUT2D eigenvalue weighted by atomic mass is 10.1. The van der Waals surface area contributed by atoms with Gasteiger partial charge in [0.2, 0.25) is 0 Å². The molecule has 2 aromatic rings. The molecule has 2 rings (SSSR count). The van der Waals surface area contributed by atoms with Gasteiger partial charge in [-0.1, -0.05) is 6.07 Å². The molecule has 15 heavy (non-hydrogen) atoms. The minimum absolute atomic E-state index is 0.0122. The van der Waals surface area contributed by atoms with E-state index in [2.05, 4.69) is 10.2 Å². The highest BCUT2D eigenvalue weighted by atomic mass is 19.1. The molecule has 0 saturated carbocycles. The van der Waals surface area contributed by atoms with Gasteiger partial charge in [-0.3, -0.25) is 0 Å². The predicted octanol–water partition coefficient (Wildman–Crippen LogP) is 2.15. The number of rotatable bonds is 1. The van der Waals surface area contributed by atoms with E-state index in [4.69, 9.17) is 5.26 Å². The number of halogens is 1. The van der Waals surface area contributed by atoms with Crippen LogP contribution in [0.2, 0.25) is 0 Å². The van der Waals surface area contributed by atoms with Gasteiger partial charge in [0, 0.05) is 11.8 Å². The molecule has 4 heteroatoms. The second-order valence-electron chi connectivity index (χ2n) is 2.89. The summed E-state index contributed by atoms with van der Waals surface area (Å²) in [5.41, 5.74) is 0.729. The molecule has 0 unspecified atom stereocenters. The number of nitriles is 1. The largest absolute Gasteiger partial charge is 0.205 e. The van der Waals surface area contributed by atoms with Crippen LogP contribution in [0.15, 0.2) is 36.5 Å². The van der Waals surface area contributed by atoms with E-state index >= 15 is 0 Å². The van der Waals surface area contributed by atoms with Gasteiger partial charge in [0.05, 0.1) is 11.3 Å². The molecule has 0 saturated heterocycles. The van der Waals surface area contributed by atoms with Crippen LogP contribution in [0.4, 0.5) is 4.39 Å². The van der Waals surface area contributed by atoms with Crippen molar-refractivity contribution in [3.63, 3.8) is 0 Å². The summed E-state index contributed by atoms with van der Waals surface area (Å²) in [6.45, 7) is 0. The standard InChI is InChI=1S/C11H6FN3/c12-11-8(7-13)3-1-4-9(11)10-5-2-6-14-15-10/h1-6H. The van der Waals surface area contributed by atoms with Crippen molar-refractivity contribution in [3.05, 3.63) is 47.9 Å². The molecule has 0 aliphatic heterocycles. The van der Waals surface area contributed by atoms with E-state index in [1.165, 1.54) is 12.3 Å². The molecule has 0 aliphatic rings. The summed E-state index contributed by atoms with van der Waals surface area (Å²) in [4.78, 5) is 0. The van der Waals surface area contributed by atoms with Crippen molar-refractivity contribution in [3.8, 4) is 17.3 Å². The zero-order valence-corrected chi connectivity index (χ0v) is 7.68. The van der Waals surface area contributed by atoms with Crippen LogP contribution in [0.5, 0.6) is 0 Å². The fourth-order valence-electron chi connectivity index (χ4n) is 1.26. The molecule has 0 atom stereocenters. The molecule has 0 bridgehead atoms. The lowest BCUT2D eigenvalue weighted by molar-refractivity contribution is 0.626. The highest BCUT2D eigenvalue weighted by Crippen LogP contribution is 2.21. The maximum Gasteiger partial charge on any atom is 0.150 e. The summed E-state index contributed by atoms with van der Waals surface area (Å²) in [6, 6.07) is 9.71. The lowest BCUT2D eigenvalue weighted by Crippen LogP contribution is -1.92. The first kappa shape index (κ1) is 9.28. The summed E-state index contributed by atoms with van der Waals surface area (Å²) in [5.74, 6) is -0.555. The fraction of sp³-hybridized carbons (Fsp3) is 0. The minimum atomic E-state index is -0.555. The topological polar surface area (TPSA) is 49.6 Å². The SMILES string of the molecule is N#Cc1cccc(-c2cccnn2)c1F. The third kappa shape index (κ3) is 1.67. The first-order chi connectivity index (χ1) is 7.33. The van der Waals surface area contributed by atoms with Crippen molar-refractivity contribution in [2.75, 3.05) is 0 Å². The first-order valence-corrected chi connectivity index (χ1v) is 4.29. The van der Waals surface area contributed by atoms with Gasteiger partial charge in [0.25, 0.3) is 0 Å². The summed E-state index contributed by atoms with van der Waals surface area (Å²) < 4.78 is 13.7. The van der Waals surface area contributed by atoms with E-state index in [1.807, 2.05) is 0 Å². The van der Waals surface area contributed by atoms with Crippen molar-refractivity contribution in [1.82, 2.24) is 10.2 Å². The Bertz CT molecular complexity index is 517. The van der Waals surface area contributed by atoms with Gasteiger partial charge >= 0.3 is 0 Å². The van der Waals surface area contributed by atoms with Crippen LogP contribution in [0.1, 0.15) is 5.56 Å². The number of aromatic nitrogens is 2. The molecule has 72 valence electrons. The van der Waals surface area contributed by atoms with Crippen molar-refractivity contribution in [2.24, 2.45) is 0 Å². The van der Waals surface area contributed by atoms with Crippen LogP contribution < -0.4 is 0 Å². The Morgan fingerprint density at radius 2 is 2.07 bits per heavy atom. The van der Waals surface area contributed by atoms with Gasteiger partial charge < -0.3 is 0 Å². The molecule has 1 heterocycles. The van der Waals surface area contributed by atoms with E-state index in [9.17, 15) is 4.39 Å². The molecule has 0 radical (unpaired) electrons. The maximum atomic E-state index is 13.7. The Morgan fingerprint density at radius 1 is 1.20 bits per heavy atom. The van der Waals surface area contributed by atoms with Crippen LogP contribution in [0.25, 0.3) is 11.3 Å². The molecule has 0 aliphatic carbocycles. The zero-order chi connectivity index (χ0) is 10.7. The van der Waals surface area contributed by atoms with Gasteiger partial charge in [-0.25, -0.2) is 4.39 Å². The summed E-state index contributed by atoms with van der Waals surface area (Å²) in [7, 11) is 0. The van der Waals surface area contributed by atoms with Gasteiger partial charge in [0.15, 0.2) is 0 Å². The first-order valence-electron chi connectivity index (χ1n) is 4.29. The van der Waals surface area contributed by atoms with Gasteiger partial charge in [-0.2, -0.15) is 15.5 Å². The van der Waals surface area contributed by atoms with Crippen LogP contribution in [0.3, 0.4) is 0 Å². The normalized spacial score (nSPS) is 9.60. The molecule has 1 aromatic carbocycles. The summed E-state index contributed by atoms with van der Waals surface area (Å²) in [6.07, 6.45) is 1.51. The second-order valence-corrected chi connectivity index (χ2v) is 2.89. The van der Waals surface area contributed by atoms with Crippen LogP contribution in [-0.2, 0) is 0 Å². The lowest BCUT2D eigenvalue weighted by Gasteiger charge is -2.01. The highest BCUT2D eigenvalue weighted by molar-refractivity contribution is 5.61. The average molecular weight is 199 g/mol. The third-order valence-corrected chi connectivity index (χ3v) is 1.97. The second kappa shape index (κ2) is 3.84. The van der Waals surface area contributed by atoms with Crippen LogP contribution in [-0.4, -0.2) is 10.2 Å². The average Bonchev–Trinajstić information content (AvgIpc) is 2.30. The number of hydrogen-bond donors (Lipinski definition) is 0. The van der Waals surface area contributed by atoms with Gasteiger partial charge in [-0.05, 0) is 24.3 Å². The third-order valence-electron chi connectivity index (χ3n) is 1.97. The Morgan fingerprint density at radius 3 is 2.73 bits per heavy atom. The quantitative estimate of drug-likeness (QED) is 0.707. The fourth-order valence-corrected chi connectivity index (χ4v) is 1.26. The Kier molecular flexibility index (Phi) is 2.38. The minimum Gasteiger partial charge on any atom is -0.205 e. The molecule has 0 spiro atoms. The Hall–Kier alpha value is -2.28. The smallest absolute Gasteiger partial charge is 0.150 e. The number of nitrogens with zero attached hydrogens (tertiary/aromatic N) is 3. The molecule has 0 fully saturated rings. The number of benzene rings is 1. The molecule has 0 N–H and O–H groups in total. The molecule has 3 nitrogen and oxygen atoms in total. The van der Waals surface area contributed by atoms with Crippen molar-refractivity contribution in [2.45, 2.75) is 0 Å². The van der Waals surface area contributed by atoms with E-state index in [1.54, 1.807) is 30.3 Å². The summed E-state index contributed by atoms with van der Waals surface area (Å²) >= 11 is 0. The van der Waals surface area contributed by atoms with Crippen molar-refractivity contribution < 1.29 is 4.39 Å². The Labute approximate surface area is 85.8 Å². The van der Waals surface area contributed by atoms with E-state index in [-0.39, 0.29) is 5.56 Å². The van der Waals surface area contributed by atoms with Crippen LogP contribution in [0, 0.1) is 17.1 Å². The van der Waals surface area contributed by atoms with Crippen LogP contribution >= 0.6 is 0 Å². The van der Waals surface area contributed by atoms with Gasteiger partial charge in [-0.15, -0.1) is 0 Å². The molecular weight excluding hydrogens is 193 g/mol. The zero-order valence-electron chi connectivity index (χ0n) is 7.68. The predicted molar refractivity (Wildman–Crippen MR) is 52.1 cm³/mol.